The van der Waals surface area contributed by atoms with Gasteiger partial charge in [0.25, 0.3) is 10.0 Å². The van der Waals surface area contributed by atoms with Crippen LogP contribution in [0.15, 0.2) is 114 Å². The number of hydrogen-bond acceptors (Lipinski definition) is 5. The zero-order valence-corrected chi connectivity index (χ0v) is 27.3. The van der Waals surface area contributed by atoms with Gasteiger partial charge in [0.05, 0.1) is 17.2 Å². The molecule has 0 aliphatic rings. The van der Waals surface area contributed by atoms with Crippen LogP contribution in [0.5, 0.6) is 5.75 Å². The maximum atomic E-state index is 14.5. The smallest absolute Gasteiger partial charge is 0.264 e. The molecule has 242 valence electrons. The molecule has 8 nitrogen and oxygen atoms in total. The summed E-state index contributed by atoms with van der Waals surface area (Å²) in [5.74, 6) is -1.04. The first-order valence-electron chi connectivity index (χ1n) is 15.1. The van der Waals surface area contributed by atoms with Crippen molar-refractivity contribution in [2.45, 2.75) is 57.1 Å². The van der Waals surface area contributed by atoms with E-state index in [1.54, 1.807) is 0 Å². The maximum Gasteiger partial charge on any atom is 0.264 e. The van der Waals surface area contributed by atoms with Crippen molar-refractivity contribution in [2.75, 3.05) is 17.5 Å². The van der Waals surface area contributed by atoms with Crippen molar-refractivity contribution < 1.29 is 27.1 Å². The van der Waals surface area contributed by atoms with Crippen molar-refractivity contribution in [3.63, 3.8) is 0 Å². The van der Waals surface area contributed by atoms with E-state index >= 15 is 0 Å². The van der Waals surface area contributed by atoms with E-state index in [4.69, 9.17) is 4.74 Å². The van der Waals surface area contributed by atoms with Crippen LogP contribution < -0.4 is 14.4 Å². The topological polar surface area (TPSA) is 96.0 Å². The minimum Gasteiger partial charge on any atom is -0.494 e. The quantitative estimate of drug-likeness (QED) is 0.193. The number of nitrogens with one attached hydrogen (secondary N) is 1. The first kappa shape index (κ1) is 34.2. The van der Waals surface area contributed by atoms with Gasteiger partial charge in [-0.2, -0.15) is 0 Å². The van der Waals surface area contributed by atoms with Gasteiger partial charge in [0, 0.05) is 18.5 Å². The fourth-order valence-corrected chi connectivity index (χ4v) is 6.34. The molecule has 0 aliphatic heterocycles. The molecule has 10 heteroatoms. The minimum absolute atomic E-state index is 0.0507. The number of ether oxygens (including phenoxy) is 1. The molecular weight excluding hydrogens is 605 g/mol. The van der Waals surface area contributed by atoms with E-state index in [9.17, 15) is 22.4 Å². The van der Waals surface area contributed by atoms with Crippen molar-refractivity contribution in [2.24, 2.45) is 0 Å². The second kappa shape index (κ2) is 15.1. The summed E-state index contributed by atoms with van der Waals surface area (Å²) in [5, 5.41) is 3.01. The number of nitrogens with zero attached hydrogens (tertiary/aromatic N) is 2. The number of rotatable bonds is 13. The lowest BCUT2D eigenvalue weighted by Crippen LogP contribution is -2.56. The Morgan fingerprint density at radius 2 is 1.39 bits per heavy atom. The number of hydrogen-bond donors (Lipinski definition) is 1. The highest BCUT2D eigenvalue weighted by Gasteiger charge is 2.35. The molecule has 0 spiro atoms. The van der Waals surface area contributed by atoms with E-state index in [0.29, 0.717) is 12.4 Å². The summed E-state index contributed by atoms with van der Waals surface area (Å²) in [5.41, 5.74) is 1.10. The van der Waals surface area contributed by atoms with E-state index in [0.717, 1.165) is 27.6 Å². The largest absolute Gasteiger partial charge is 0.494 e. The van der Waals surface area contributed by atoms with Crippen LogP contribution in [-0.4, -0.2) is 49.9 Å². The summed E-state index contributed by atoms with van der Waals surface area (Å²) in [6, 6.07) is 28.3. The molecule has 0 heterocycles. The molecule has 0 fully saturated rings. The van der Waals surface area contributed by atoms with E-state index in [2.05, 4.69) is 5.32 Å². The third-order valence-electron chi connectivity index (χ3n) is 7.08. The minimum atomic E-state index is -4.33. The van der Waals surface area contributed by atoms with Gasteiger partial charge in [-0.3, -0.25) is 13.9 Å². The van der Waals surface area contributed by atoms with Crippen LogP contribution in [0.1, 0.15) is 38.8 Å². The lowest BCUT2D eigenvalue weighted by atomic mass is 10.0. The van der Waals surface area contributed by atoms with E-state index in [1.807, 2.05) is 88.4 Å². The Morgan fingerprint density at radius 1 is 0.826 bits per heavy atom. The number of amides is 2. The molecular formula is C36H40FN3O5S. The van der Waals surface area contributed by atoms with Crippen molar-refractivity contribution >= 4 is 27.5 Å². The van der Waals surface area contributed by atoms with Crippen LogP contribution in [0.3, 0.4) is 0 Å². The van der Waals surface area contributed by atoms with Gasteiger partial charge in [-0.05, 0) is 87.4 Å². The molecule has 4 rings (SSSR count). The van der Waals surface area contributed by atoms with Crippen molar-refractivity contribution in [3.8, 4) is 5.75 Å². The number of halogens is 1. The Labute approximate surface area is 270 Å². The zero-order chi connectivity index (χ0) is 33.3. The van der Waals surface area contributed by atoms with Crippen molar-refractivity contribution in [1.29, 1.82) is 0 Å². The van der Waals surface area contributed by atoms with Gasteiger partial charge in [0.15, 0.2) is 0 Å². The molecule has 0 saturated heterocycles. The number of carbonyl (C=O) groups is 2. The molecule has 2 amide bonds. The number of benzene rings is 4. The SMILES string of the molecule is CCOc1ccc(S(=O)(=O)N(CC(=O)N(Cc2ccccc2)[C@H](Cc2ccccc2)C(=O)NC(C)(C)C)c2ccc(F)cc2)cc1. The molecule has 0 aromatic heterocycles. The second-order valence-electron chi connectivity index (χ2n) is 11.8. The first-order chi connectivity index (χ1) is 21.9. The highest BCUT2D eigenvalue weighted by Crippen LogP contribution is 2.27. The standard InChI is InChI=1S/C36H40FN3O5S/c1-5-45-31-20-22-32(23-21-31)46(43,44)40(30-18-16-29(37)17-19-30)26-34(41)39(25-28-14-10-7-11-15-28)33(35(42)38-36(2,3)4)24-27-12-8-6-9-13-27/h6-23,33H,5,24-26H2,1-4H3,(H,38,42)/t33-/m1/s1. The zero-order valence-electron chi connectivity index (χ0n) is 26.5. The summed E-state index contributed by atoms with van der Waals surface area (Å²) in [6.07, 6.45) is 0.198. The monoisotopic (exact) mass is 645 g/mol. The summed E-state index contributed by atoms with van der Waals surface area (Å²) >= 11 is 0. The second-order valence-corrected chi connectivity index (χ2v) is 13.7. The van der Waals surface area contributed by atoms with Crippen LogP contribution in [0, 0.1) is 5.82 Å². The molecule has 0 unspecified atom stereocenters. The Balaban J connectivity index is 1.79. The van der Waals surface area contributed by atoms with Gasteiger partial charge in [0.2, 0.25) is 11.8 Å². The van der Waals surface area contributed by atoms with Crippen molar-refractivity contribution in [3.05, 3.63) is 126 Å². The van der Waals surface area contributed by atoms with Gasteiger partial charge in [-0.25, -0.2) is 12.8 Å². The van der Waals surface area contributed by atoms with Crippen LogP contribution in [0.4, 0.5) is 10.1 Å². The predicted octanol–water partition coefficient (Wildman–Crippen LogP) is 5.97. The Bertz CT molecular complexity index is 1690. The molecule has 46 heavy (non-hydrogen) atoms. The average molecular weight is 646 g/mol. The number of sulfonamides is 1. The molecule has 1 atom stereocenters. The summed E-state index contributed by atoms with van der Waals surface area (Å²) in [4.78, 5) is 29.7. The molecule has 0 radical (unpaired) electrons. The fourth-order valence-electron chi connectivity index (χ4n) is 4.92. The fraction of sp³-hybridized carbons (Fsp3) is 0.278. The molecule has 1 N–H and O–H groups in total. The lowest BCUT2D eigenvalue weighted by molar-refractivity contribution is -0.140. The summed E-state index contributed by atoms with van der Waals surface area (Å²) in [6.45, 7) is 7.21. The van der Waals surface area contributed by atoms with Crippen LogP contribution in [-0.2, 0) is 32.6 Å². The highest BCUT2D eigenvalue weighted by atomic mass is 32.2. The first-order valence-corrected chi connectivity index (χ1v) is 16.5. The highest BCUT2D eigenvalue weighted by molar-refractivity contribution is 7.92. The van der Waals surface area contributed by atoms with Gasteiger partial charge < -0.3 is 15.0 Å². The van der Waals surface area contributed by atoms with Crippen LogP contribution >= 0.6 is 0 Å². The predicted molar refractivity (Wildman–Crippen MR) is 177 cm³/mol. The molecule has 4 aromatic carbocycles. The number of carbonyl (C=O) groups excluding carboxylic acids is 2. The van der Waals surface area contributed by atoms with E-state index in [-0.39, 0.29) is 29.5 Å². The van der Waals surface area contributed by atoms with Crippen molar-refractivity contribution in [1.82, 2.24) is 10.2 Å². The third kappa shape index (κ3) is 9.17. The van der Waals surface area contributed by atoms with E-state index in [1.165, 1.54) is 41.3 Å². The molecule has 4 aromatic rings. The van der Waals surface area contributed by atoms with E-state index < -0.39 is 39.9 Å². The lowest BCUT2D eigenvalue weighted by Gasteiger charge is -2.35. The van der Waals surface area contributed by atoms with Crippen LogP contribution in [0.2, 0.25) is 0 Å². The van der Waals surface area contributed by atoms with Gasteiger partial charge in [-0.15, -0.1) is 0 Å². The molecule has 0 aliphatic carbocycles. The Hall–Kier alpha value is -4.70. The van der Waals surface area contributed by atoms with Gasteiger partial charge in [0.1, 0.15) is 24.2 Å². The Kier molecular flexibility index (Phi) is 11.2. The van der Waals surface area contributed by atoms with Gasteiger partial charge >= 0.3 is 0 Å². The Morgan fingerprint density at radius 3 is 1.93 bits per heavy atom. The molecule has 0 bridgehead atoms. The third-order valence-corrected chi connectivity index (χ3v) is 8.87. The van der Waals surface area contributed by atoms with Crippen LogP contribution in [0.25, 0.3) is 0 Å². The number of anilines is 1. The average Bonchev–Trinajstić information content (AvgIpc) is 3.02. The van der Waals surface area contributed by atoms with Gasteiger partial charge in [-0.1, -0.05) is 60.7 Å². The summed E-state index contributed by atoms with van der Waals surface area (Å²) < 4.78 is 48.6. The maximum absolute atomic E-state index is 14.5. The normalized spacial score (nSPS) is 12.2. The molecule has 0 saturated carbocycles. The summed E-state index contributed by atoms with van der Waals surface area (Å²) in [7, 11) is -4.33.